The Labute approximate surface area is 141 Å². The summed E-state index contributed by atoms with van der Waals surface area (Å²) >= 11 is 3.12. The normalized spacial score (nSPS) is 19.3. The molecule has 0 saturated carbocycles. The zero-order valence-electron chi connectivity index (χ0n) is 12.3. The maximum absolute atomic E-state index is 13.6. The van der Waals surface area contributed by atoms with Gasteiger partial charge >= 0.3 is 5.97 Å². The van der Waals surface area contributed by atoms with E-state index in [9.17, 15) is 22.4 Å². The van der Waals surface area contributed by atoms with Gasteiger partial charge in [-0.1, -0.05) is 15.9 Å². The number of hydrogen-bond donors (Lipinski definition) is 0. The second-order valence-corrected chi connectivity index (χ2v) is 8.41. The van der Waals surface area contributed by atoms with Gasteiger partial charge in [0.15, 0.2) is 16.4 Å². The Kier molecular flexibility index (Phi) is 5.41. The van der Waals surface area contributed by atoms with Crippen LogP contribution in [0.4, 0.5) is 4.39 Å². The van der Waals surface area contributed by atoms with Crippen molar-refractivity contribution in [1.82, 2.24) is 4.90 Å². The van der Waals surface area contributed by atoms with Gasteiger partial charge in [0, 0.05) is 17.6 Å². The van der Waals surface area contributed by atoms with Gasteiger partial charge in [-0.3, -0.25) is 4.79 Å². The molecule has 6 nitrogen and oxygen atoms in total. The van der Waals surface area contributed by atoms with Gasteiger partial charge in [-0.2, -0.15) is 0 Å². The van der Waals surface area contributed by atoms with E-state index >= 15 is 0 Å². The van der Waals surface area contributed by atoms with Crippen molar-refractivity contribution in [2.24, 2.45) is 0 Å². The molecule has 1 heterocycles. The molecule has 1 atom stereocenters. The van der Waals surface area contributed by atoms with E-state index in [0.717, 1.165) is 6.07 Å². The fourth-order valence-corrected chi connectivity index (χ4v) is 4.38. The average molecular weight is 408 g/mol. The van der Waals surface area contributed by atoms with Crippen LogP contribution in [0.5, 0.6) is 0 Å². The Bertz CT molecular complexity index is 737. The molecule has 1 aromatic rings. The molecule has 1 amide bonds. The van der Waals surface area contributed by atoms with Gasteiger partial charge in [0.1, 0.15) is 5.82 Å². The summed E-state index contributed by atoms with van der Waals surface area (Å²) in [6, 6.07) is 3.38. The van der Waals surface area contributed by atoms with Crippen molar-refractivity contribution in [3.8, 4) is 0 Å². The van der Waals surface area contributed by atoms with E-state index in [0.29, 0.717) is 10.9 Å². The molecule has 1 saturated heterocycles. The quantitative estimate of drug-likeness (QED) is 0.704. The zero-order chi connectivity index (χ0) is 17.2. The van der Waals surface area contributed by atoms with Crippen LogP contribution in [-0.4, -0.2) is 56.4 Å². The first-order valence-corrected chi connectivity index (χ1v) is 9.39. The molecule has 1 fully saturated rings. The summed E-state index contributed by atoms with van der Waals surface area (Å²) in [4.78, 5) is 25.1. The van der Waals surface area contributed by atoms with Gasteiger partial charge in [0.05, 0.1) is 17.1 Å². The summed E-state index contributed by atoms with van der Waals surface area (Å²) in [5.74, 6) is -2.29. The van der Waals surface area contributed by atoms with E-state index in [1.807, 2.05) is 0 Å². The minimum atomic E-state index is -3.12. The predicted octanol–water partition coefficient (Wildman–Crippen LogP) is 1.39. The van der Waals surface area contributed by atoms with Crippen LogP contribution < -0.4 is 0 Å². The summed E-state index contributed by atoms with van der Waals surface area (Å²) in [5.41, 5.74) is -0.279. The molecule has 0 N–H and O–H groups in total. The number of likely N-dealkylation sites (N-methyl/N-ethyl adjacent to an activating group) is 1. The molecular weight excluding hydrogens is 393 g/mol. The van der Waals surface area contributed by atoms with E-state index in [4.69, 9.17) is 4.74 Å². The standard InChI is InChI=1S/C14H15BrFNO5S/c1-17(10-4-5-23(20,21)8-10)13(18)7-22-14(19)11-6-9(15)2-3-12(11)16/h2-3,6,10H,4-5,7-8H2,1H3. The molecule has 0 radical (unpaired) electrons. The molecule has 1 aromatic carbocycles. The van der Waals surface area contributed by atoms with Gasteiger partial charge < -0.3 is 9.64 Å². The molecule has 126 valence electrons. The number of rotatable bonds is 4. The van der Waals surface area contributed by atoms with Crippen LogP contribution >= 0.6 is 15.9 Å². The van der Waals surface area contributed by atoms with Crippen LogP contribution in [0, 0.1) is 5.82 Å². The Hall–Kier alpha value is -1.48. The maximum Gasteiger partial charge on any atom is 0.341 e. The first kappa shape index (κ1) is 17.9. The molecule has 1 unspecified atom stereocenters. The number of amides is 1. The smallest absolute Gasteiger partial charge is 0.341 e. The number of benzene rings is 1. The number of sulfone groups is 1. The average Bonchev–Trinajstić information content (AvgIpc) is 2.86. The first-order chi connectivity index (χ1) is 10.7. The minimum absolute atomic E-state index is 0.0400. The third-order valence-electron chi connectivity index (χ3n) is 3.62. The summed E-state index contributed by atoms with van der Waals surface area (Å²) in [6.45, 7) is -0.572. The third kappa shape index (κ3) is 4.51. The van der Waals surface area contributed by atoms with Crippen molar-refractivity contribution in [2.75, 3.05) is 25.2 Å². The van der Waals surface area contributed by atoms with Crippen LogP contribution in [0.2, 0.25) is 0 Å². The van der Waals surface area contributed by atoms with Crippen LogP contribution in [0.25, 0.3) is 0 Å². The van der Waals surface area contributed by atoms with Gasteiger partial charge in [0.25, 0.3) is 5.91 Å². The van der Waals surface area contributed by atoms with Crippen LogP contribution in [-0.2, 0) is 19.4 Å². The molecule has 0 aliphatic carbocycles. The fourth-order valence-electron chi connectivity index (χ4n) is 2.25. The highest BCUT2D eigenvalue weighted by atomic mass is 79.9. The Morgan fingerprint density at radius 1 is 1.43 bits per heavy atom. The Balaban J connectivity index is 1.93. The minimum Gasteiger partial charge on any atom is -0.452 e. The molecule has 1 aliphatic rings. The highest BCUT2D eigenvalue weighted by Crippen LogP contribution is 2.18. The van der Waals surface area contributed by atoms with Crippen molar-refractivity contribution in [2.45, 2.75) is 12.5 Å². The van der Waals surface area contributed by atoms with E-state index in [2.05, 4.69) is 15.9 Å². The van der Waals surface area contributed by atoms with Crippen molar-refractivity contribution < 1.29 is 27.1 Å². The van der Waals surface area contributed by atoms with Crippen LogP contribution in [0.3, 0.4) is 0 Å². The molecular formula is C14H15BrFNO5S. The third-order valence-corrected chi connectivity index (χ3v) is 5.87. The number of hydrogen-bond acceptors (Lipinski definition) is 5. The molecule has 0 aromatic heterocycles. The number of carbonyl (C=O) groups is 2. The van der Waals surface area contributed by atoms with Crippen LogP contribution in [0.1, 0.15) is 16.8 Å². The predicted molar refractivity (Wildman–Crippen MR) is 84.2 cm³/mol. The van der Waals surface area contributed by atoms with Crippen molar-refractivity contribution in [3.63, 3.8) is 0 Å². The highest BCUT2D eigenvalue weighted by molar-refractivity contribution is 9.10. The number of carbonyl (C=O) groups excluding carboxylic acids is 2. The maximum atomic E-state index is 13.6. The SMILES string of the molecule is CN(C(=O)COC(=O)c1cc(Br)ccc1F)C1CCS(=O)(=O)C1. The largest absolute Gasteiger partial charge is 0.452 e. The van der Waals surface area contributed by atoms with Crippen molar-refractivity contribution in [1.29, 1.82) is 0 Å². The van der Waals surface area contributed by atoms with E-state index in [1.54, 1.807) is 0 Å². The Morgan fingerprint density at radius 3 is 2.74 bits per heavy atom. The number of ether oxygens (including phenoxy) is 1. The molecule has 0 spiro atoms. The monoisotopic (exact) mass is 407 g/mol. The fraction of sp³-hybridized carbons (Fsp3) is 0.429. The molecule has 1 aliphatic heterocycles. The summed E-state index contributed by atoms with van der Waals surface area (Å²) in [5, 5.41) is 0. The van der Waals surface area contributed by atoms with E-state index < -0.39 is 40.2 Å². The summed E-state index contributed by atoms with van der Waals surface area (Å²) in [7, 11) is -1.66. The lowest BCUT2D eigenvalue weighted by Crippen LogP contribution is -2.40. The number of halogens is 2. The Morgan fingerprint density at radius 2 is 2.13 bits per heavy atom. The van der Waals surface area contributed by atoms with Crippen molar-refractivity contribution in [3.05, 3.63) is 34.1 Å². The van der Waals surface area contributed by atoms with Gasteiger partial charge in [0.2, 0.25) is 0 Å². The molecule has 2 rings (SSSR count). The zero-order valence-corrected chi connectivity index (χ0v) is 14.7. The van der Waals surface area contributed by atoms with Gasteiger partial charge in [-0.15, -0.1) is 0 Å². The summed E-state index contributed by atoms with van der Waals surface area (Å²) in [6.07, 6.45) is 0.360. The lowest BCUT2D eigenvalue weighted by molar-refractivity contribution is -0.134. The second kappa shape index (κ2) is 6.96. The first-order valence-electron chi connectivity index (χ1n) is 6.78. The second-order valence-electron chi connectivity index (χ2n) is 5.26. The van der Waals surface area contributed by atoms with Crippen LogP contribution in [0.15, 0.2) is 22.7 Å². The molecule has 9 heteroatoms. The number of nitrogens with zero attached hydrogens (tertiary/aromatic N) is 1. The summed E-state index contributed by atoms with van der Waals surface area (Å²) < 4.78 is 41.7. The molecule has 0 bridgehead atoms. The highest BCUT2D eigenvalue weighted by Gasteiger charge is 2.33. The van der Waals surface area contributed by atoms with Gasteiger partial charge in [-0.05, 0) is 24.6 Å². The lowest BCUT2D eigenvalue weighted by Gasteiger charge is -2.23. The lowest BCUT2D eigenvalue weighted by atomic mass is 10.2. The van der Waals surface area contributed by atoms with E-state index in [1.165, 1.54) is 24.1 Å². The van der Waals surface area contributed by atoms with Gasteiger partial charge in [-0.25, -0.2) is 17.6 Å². The topological polar surface area (TPSA) is 80.8 Å². The van der Waals surface area contributed by atoms with Crippen molar-refractivity contribution >= 4 is 37.6 Å². The number of esters is 1. The van der Waals surface area contributed by atoms with E-state index in [-0.39, 0.29) is 17.1 Å². The molecule has 23 heavy (non-hydrogen) atoms.